The molecule has 1 aromatic carbocycles. The fourth-order valence-electron chi connectivity index (χ4n) is 4.73. The van der Waals surface area contributed by atoms with Crippen molar-refractivity contribution in [3.05, 3.63) is 29.8 Å². The summed E-state index contributed by atoms with van der Waals surface area (Å²) >= 11 is 0. The fourth-order valence-corrected chi connectivity index (χ4v) is 4.73. The van der Waals surface area contributed by atoms with Crippen molar-refractivity contribution in [2.24, 2.45) is 11.1 Å². The number of hydrogen-bond acceptors (Lipinski definition) is 8. The zero-order valence-electron chi connectivity index (χ0n) is 23.1. The Bertz CT molecular complexity index is 1070. The van der Waals surface area contributed by atoms with Gasteiger partial charge in [0.2, 0.25) is 11.8 Å². The number of rotatable bonds is 12. The van der Waals surface area contributed by atoms with E-state index in [1.807, 2.05) is 7.05 Å². The van der Waals surface area contributed by atoms with Gasteiger partial charge in [0.25, 0.3) is 5.91 Å². The zero-order chi connectivity index (χ0) is 29.3. The number of hydrogen-bond donors (Lipinski definition) is 5. The second kappa shape index (κ2) is 14.1. The van der Waals surface area contributed by atoms with Crippen molar-refractivity contribution in [2.45, 2.75) is 51.2 Å². The van der Waals surface area contributed by atoms with Gasteiger partial charge in [0, 0.05) is 38.4 Å². The first-order valence-electron chi connectivity index (χ1n) is 13.6. The SMILES string of the molecule is CCOC(=O)C1(C(=O)N[C@@H](CCCNC(N)=O)C(=O)Nc2ccc(C(O)C(=O)N3CCN(C)CC3)cc2)CCC1. The van der Waals surface area contributed by atoms with Gasteiger partial charge in [0.15, 0.2) is 6.10 Å². The number of aliphatic hydroxyl groups is 1. The molecule has 2 aliphatic rings. The Morgan fingerprint density at radius 3 is 2.27 bits per heavy atom. The summed E-state index contributed by atoms with van der Waals surface area (Å²) in [6.45, 7) is 4.56. The molecule has 1 aliphatic heterocycles. The van der Waals surface area contributed by atoms with Crippen LogP contribution in [0.3, 0.4) is 0 Å². The first-order chi connectivity index (χ1) is 19.1. The van der Waals surface area contributed by atoms with E-state index in [1.54, 1.807) is 36.1 Å². The number of ether oxygens (including phenoxy) is 1. The molecule has 13 heteroatoms. The Kier molecular flexibility index (Phi) is 10.8. The van der Waals surface area contributed by atoms with E-state index in [-0.39, 0.29) is 25.5 Å². The number of nitrogens with one attached hydrogen (secondary N) is 3. The summed E-state index contributed by atoms with van der Waals surface area (Å²) in [4.78, 5) is 66.3. The van der Waals surface area contributed by atoms with Gasteiger partial charge in [-0.15, -0.1) is 0 Å². The minimum absolute atomic E-state index is 0.141. The Balaban J connectivity index is 1.65. The van der Waals surface area contributed by atoms with Crippen LogP contribution < -0.4 is 21.7 Å². The molecule has 1 unspecified atom stereocenters. The summed E-state index contributed by atoms with van der Waals surface area (Å²) < 4.78 is 5.11. The van der Waals surface area contributed by atoms with Gasteiger partial charge in [-0.05, 0) is 57.4 Å². The third-order valence-electron chi connectivity index (χ3n) is 7.44. The van der Waals surface area contributed by atoms with E-state index in [0.29, 0.717) is 50.0 Å². The molecule has 3 rings (SSSR count). The number of benzene rings is 1. The fraction of sp³-hybridized carbons (Fsp3) is 0.593. The summed E-state index contributed by atoms with van der Waals surface area (Å²) in [7, 11) is 1.98. The van der Waals surface area contributed by atoms with Crippen molar-refractivity contribution in [1.29, 1.82) is 0 Å². The number of amides is 5. The van der Waals surface area contributed by atoms with E-state index < -0.39 is 41.4 Å². The quantitative estimate of drug-likeness (QED) is 0.135. The summed E-state index contributed by atoms with van der Waals surface area (Å²) in [6, 6.07) is 4.54. The number of anilines is 1. The summed E-state index contributed by atoms with van der Waals surface area (Å²) in [5.74, 6) is -2.06. The van der Waals surface area contributed by atoms with Crippen LogP contribution in [-0.2, 0) is 23.9 Å². The van der Waals surface area contributed by atoms with Crippen LogP contribution in [0, 0.1) is 5.41 Å². The summed E-state index contributed by atoms with van der Waals surface area (Å²) in [6.07, 6.45) is 0.568. The van der Waals surface area contributed by atoms with Crippen molar-refractivity contribution in [1.82, 2.24) is 20.4 Å². The molecule has 1 heterocycles. The third-order valence-corrected chi connectivity index (χ3v) is 7.44. The number of piperazine rings is 1. The lowest BCUT2D eigenvalue weighted by Gasteiger charge is -2.38. The molecule has 2 fully saturated rings. The molecule has 0 spiro atoms. The van der Waals surface area contributed by atoms with E-state index in [1.165, 1.54) is 0 Å². The number of nitrogens with two attached hydrogens (primary N) is 1. The Labute approximate surface area is 233 Å². The van der Waals surface area contributed by atoms with Crippen LogP contribution in [0.4, 0.5) is 10.5 Å². The summed E-state index contributed by atoms with van der Waals surface area (Å²) in [5, 5.41) is 18.5. The standard InChI is InChI=1S/C27H40N6O7/c1-3-40-25(38)27(11-5-12-27)24(37)31-20(6-4-13-29-26(28)39)22(35)30-19-9-7-18(8-10-19)21(34)23(36)33-16-14-32(2)15-17-33/h7-10,20-21,34H,3-6,11-17H2,1-2H3,(H,30,35)(H,31,37)(H3,28,29,39)/t20-,21?/m0/s1. The molecule has 1 aromatic rings. The van der Waals surface area contributed by atoms with Crippen LogP contribution in [0.2, 0.25) is 0 Å². The zero-order valence-corrected chi connectivity index (χ0v) is 23.1. The second-order valence-electron chi connectivity index (χ2n) is 10.3. The van der Waals surface area contributed by atoms with Crippen molar-refractivity contribution < 1.29 is 33.8 Å². The number of carbonyl (C=O) groups excluding carboxylic acids is 5. The van der Waals surface area contributed by atoms with Gasteiger partial charge in [-0.1, -0.05) is 18.6 Å². The molecule has 6 N–H and O–H groups in total. The van der Waals surface area contributed by atoms with Gasteiger partial charge in [-0.2, -0.15) is 0 Å². The maximum absolute atomic E-state index is 13.2. The lowest BCUT2D eigenvalue weighted by Crippen LogP contribution is -2.56. The largest absolute Gasteiger partial charge is 0.465 e. The highest BCUT2D eigenvalue weighted by Crippen LogP contribution is 2.42. The van der Waals surface area contributed by atoms with E-state index in [4.69, 9.17) is 10.5 Å². The van der Waals surface area contributed by atoms with E-state index in [0.717, 1.165) is 13.1 Å². The average Bonchev–Trinajstić information content (AvgIpc) is 2.89. The van der Waals surface area contributed by atoms with E-state index in [2.05, 4.69) is 20.9 Å². The van der Waals surface area contributed by atoms with Crippen LogP contribution in [-0.4, -0.2) is 97.0 Å². The molecule has 40 heavy (non-hydrogen) atoms. The number of likely N-dealkylation sites (N-methyl/N-ethyl adjacent to an activating group) is 1. The monoisotopic (exact) mass is 560 g/mol. The smallest absolute Gasteiger partial charge is 0.321 e. The first kappa shape index (κ1) is 30.8. The van der Waals surface area contributed by atoms with Crippen LogP contribution in [0.15, 0.2) is 24.3 Å². The minimum atomic E-state index is -1.32. The maximum Gasteiger partial charge on any atom is 0.321 e. The molecule has 2 atom stereocenters. The van der Waals surface area contributed by atoms with E-state index >= 15 is 0 Å². The van der Waals surface area contributed by atoms with E-state index in [9.17, 15) is 29.1 Å². The van der Waals surface area contributed by atoms with Crippen molar-refractivity contribution in [2.75, 3.05) is 51.7 Å². The molecule has 1 aliphatic carbocycles. The molecule has 1 saturated carbocycles. The second-order valence-corrected chi connectivity index (χ2v) is 10.3. The molecule has 5 amide bonds. The van der Waals surface area contributed by atoms with Crippen molar-refractivity contribution >= 4 is 35.4 Å². The Hall–Kier alpha value is -3.71. The topological polar surface area (TPSA) is 183 Å². The maximum atomic E-state index is 13.2. The normalized spacial score (nSPS) is 18.0. The molecular weight excluding hydrogens is 520 g/mol. The van der Waals surface area contributed by atoms with Gasteiger partial charge < -0.3 is 41.3 Å². The molecule has 1 saturated heterocycles. The highest BCUT2D eigenvalue weighted by Gasteiger charge is 2.52. The summed E-state index contributed by atoms with van der Waals surface area (Å²) in [5.41, 5.74) is 4.58. The average molecular weight is 561 g/mol. The number of aliphatic hydroxyl groups excluding tert-OH is 1. The number of primary amides is 1. The predicted molar refractivity (Wildman–Crippen MR) is 146 cm³/mol. The predicted octanol–water partition coefficient (Wildman–Crippen LogP) is 0.0992. The van der Waals surface area contributed by atoms with Crippen LogP contribution in [0.5, 0.6) is 0 Å². The number of esters is 1. The lowest BCUT2D eigenvalue weighted by atomic mass is 9.68. The van der Waals surface area contributed by atoms with Gasteiger partial charge in [-0.25, -0.2) is 4.79 Å². The van der Waals surface area contributed by atoms with Gasteiger partial charge >= 0.3 is 12.0 Å². The Morgan fingerprint density at radius 1 is 1.07 bits per heavy atom. The highest BCUT2D eigenvalue weighted by molar-refractivity contribution is 6.06. The number of carbonyl (C=O) groups is 5. The molecule has 13 nitrogen and oxygen atoms in total. The van der Waals surface area contributed by atoms with Crippen molar-refractivity contribution in [3.63, 3.8) is 0 Å². The van der Waals surface area contributed by atoms with Crippen LogP contribution >= 0.6 is 0 Å². The number of urea groups is 1. The lowest BCUT2D eigenvalue weighted by molar-refractivity contribution is -0.167. The highest BCUT2D eigenvalue weighted by atomic mass is 16.5. The third kappa shape index (κ3) is 7.69. The molecule has 0 aromatic heterocycles. The Morgan fingerprint density at radius 2 is 1.73 bits per heavy atom. The minimum Gasteiger partial charge on any atom is -0.465 e. The molecule has 220 valence electrons. The van der Waals surface area contributed by atoms with Gasteiger partial charge in [0.05, 0.1) is 6.61 Å². The van der Waals surface area contributed by atoms with Crippen LogP contribution in [0.25, 0.3) is 0 Å². The molecule has 0 bridgehead atoms. The van der Waals surface area contributed by atoms with Crippen molar-refractivity contribution in [3.8, 4) is 0 Å². The van der Waals surface area contributed by atoms with Gasteiger partial charge in [-0.3, -0.25) is 19.2 Å². The van der Waals surface area contributed by atoms with Gasteiger partial charge in [0.1, 0.15) is 11.5 Å². The molecular formula is C27H40N6O7. The van der Waals surface area contributed by atoms with Crippen LogP contribution in [0.1, 0.15) is 50.7 Å². The number of nitrogens with zero attached hydrogens (tertiary/aromatic N) is 2. The first-order valence-corrected chi connectivity index (χ1v) is 13.6. The molecule has 0 radical (unpaired) electrons.